The maximum Gasteiger partial charge on any atom is 0.339 e. The molecule has 0 saturated carbocycles. The number of hydrogen-bond acceptors (Lipinski definition) is 7. The average molecular weight is 330 g/mol. The highest BCUT2D eigenvalue weighted by Crippen LogP contribution is 2.44. The normalized spacial score (nSPS) is 12.7. The predicted molar refractivity (Wildman–Crippen MR) is 78.1 cm³/mol. The Kier molecular flexibility index (Phi) is 3.02. The number of phenolic OH excluding ortho intramolecular Hbond substituents is 3. The highest BCUT2D eigenvalue weighted by Gasteiger charge is 2.38. The number of carbonyl (C=O) groups is 3. The minimum absolute atomic E-state index is 0.163. The van der Waals surface area contributed by atoms with Gasteiger partial charge in [0.1, 0.15) is 17.1 Å². The summed E-state index contributed by atoms with van der Waals surface area (Å²) >= 11 is 0. The molecule has 0 aromatic heterocycles. The van der Waals surface area contributed by atoms with Crippen LogP contribution in [0.4, 0.5) is 0 Å². The Morgan fingerprint density at radius 2 is 1.46 bits per heavy atom. The Morgan fingerprint density at radius 1 is 0.833 bits per heavy atom. The van der Waals surface area contributed by atoms with Crippen molar-refractivity contribution in [2.45, 2.75) is 6.92 Å². The van der Waals surface area contributed by atoms with Gasteiger partial charge in [-0.15, -0.1) is 0 Å². The maximum absolute atomic E-state index is 12.7. The van der Waals surface area contributed by atoms with Crippen LogP contribution in [0.3, 0.4) is 0 Å². The Labute approximate surface area is 133 Å². The molecule has 0 unspecified atom stereocenters. The molecular formula is C16H10O8. The van der Waals surface area contributed by atoms with Gasteiger partial charge in [0.25, 0.3) is 0 Å². The lowest BCUT2D eigenvalue weighted by Crippen LogP contribution is -2.23. The number of fused-ring (bicyclic) bond motifs is 2. The molecule has 0 aliphatic heterocycles. The van der Waals surface area contributed by atoms with Gasteiger partial charge >= 0.3 is 5.97 Å². The van der Waals surface area contributed by atoms with E-state index in [9.17, 15) is 34.8 Å². The molecule has 8 nitrogen and oxygen atoms in total. The van der Waals surface area contributed by atoms with Crippen molar-refractivity contribution in [3.8, 4) is 23.0 Å². The number of carboxylic acid groups (broad SMARTS) is 1. The summed E-state index contributed by atoms with van der Waals surface area (Å²) in [7, 11) is 0. The number of aromatic carboxylic acids is 1. The van der Waals surface area contributed by atoms with Crippen molar-refractivity contribution in [1.29, 1.82) is 0 Å². The SMILES string of the molecule is Cc1c(C(=O)O)c(O)cc2c1C(=O)c1c(O)c(O)cc(O)c1C2=O. The highest BCUT2D eigenvalue weighted by molar-refractivity contribution is 6.31. The molecule has 122 valence electrons. The van der Waals surface area contributed by atoms with E-state index in [4.69, 9.17) is 5.11 Å². The molecule has 5 N–H and O–H groups in total. The Hall–Kier alpha value is -3.55. The fraction of sp³-hybridized carbons (Fsp3) is 0.0625. The minimum atomic E-state index is -1.50. The van der Waals surface area contributed by atoms with E-state index in [0.29, 0.717) is 6.07 Å². The summed E-state index contributed by atoms with van der Waals surface area (Å²) < 4.78 is 0. The van der Waals surface area contributed by atoms with E-state index in [1.807, 2.05) is 0 Å². The zero-order valence-corrected chi connectivity index (χ0v) is 12.1. The second kappa shape index (κ2) is 4.72. The largest absolute Gasteiger partial charge is 0.507 e. The van der Waals surface area contributed by atoms with Crippen LogP contribution in [-0.4, -0.2) is 43.1 Å². The highest BCUT2D eigenvalue weighted by atomic mass is 16.4. The first-order valence-electron chi connectivity index (χ1n) is 6.64. The van der Waals surface area contributed by atoms with Crippen LogP contribution in [0.25, 0.3) is 0 Å². The van der Waals surface area contributed by atoms with Gasteiger partial charge in [-0.2, -0.15) is 0 Å². The third-order valence-electron chi connectivity index (χ3n) is 3.96. The number of carboxylic acids is 1. The van der Waals surface area contributed by atoms with Crippen molar-refractivity contribution in [2.24, 2.45) is 0 Å². The zero-order valence-electron chi connectivity index (χ0n) is 12.1. The van der Waals surface area contributed by atoms with Gasteiger partial charge < -0.3 is 25.5 Å². The number of aromatic hydroxyl groups is 4. The second-order valence-electron chi connectivity index (χ2n) is 5.30. The van der Waals surface area contributed by atoms with Crippen LogP contribution in [0.2, 0.25) is 0 Å². The summed E-state index contributed by atoms with van der Waals surface area (Å²) in [4.78, 5) is 36.5. The summed E-state index contributed by atoms with van der Waals surface area (Å²) in [6.07, 6.45) is 0. The molecule has 0 bridgehead atoms. The molecule has 0 atom stereocenters. The monoisotopic (exact) mass is 330 g/mol. The molecule has 24 heavy (non-hydrogen) atoms. The first-order valence-corrected chi connectivity index (χ1v) is 6.64. The van der Waals surface area contributed by atoms with Gasteiger partial charge in [-0.3, -0.25) is 9.59 Å². The summed E-state index contributed by atoms with van der Waals surface area (Å²) in [6.45, 7) is 1.23. The first kappa shape index (κ1) is 15.3. The van der Waals surface area contributed by atoms with Gasteiger partial charge in [0.05, 0.1) is 11.1 Å². The van der Waals surface area contributed by atoms with E-state index >= 15 is 0 Å². The standard InChI is InChI=1S/C16H10O8/c1-4-9-5(2-6(17)10(4)16(23)24)13(20)11-7(18)3-8(19)14(21)12(11)15(9)22/h2-3,17-19,21H,1H3,(H,23,24). The molecule has 0 saturated heterocycles. The van der Waals surface area contributed by atoms with Gasteiger partial charge in [-0.25, -0.2) is 4.79 Å². The molecule has 0 fully saturated rings. The Bertz CT molecular complexity index is 971. The quantitative estimate of drug-likeness (QED) is 0.330. The third-order valence-corrected chi connectivity index (χ3v) is 3.96. The fourth-order valence-corrected chi connectivity index (χ4v) is 2.90. The van der Waals surface area contributed by atoms with Crippen molar-refractivity contribution in [3.63, 3.8) is 0 Å². The van der Waals surface area contributed by atoms with Crippen LogP contribution >= 0.6 is 0 Å². The lowest BCUT2D eigenvalue weighted by molar-refractivity contribution is 0.0692. The molecular weight excluding hydrogens is 320 g/mol. The molecule has 2 aromatic rings. The smallest absolute Gasteiger partial charge is 0.339 e. The molecule has 2 aromatic carbocycles. The summed E-state index contributed by atoms with van der Waals surface area (Å²) in [5.74, 6) is -6.44. The number of phenols is 4. The molecule has 1 aliphatic carbocycles. The summed E-state index contributed by atoms with van der Waals surface area (Å²) in [6, 6.07) is 1.54. The van der Waals surface area contributed by atoms with Crippen molar-refractivity contribution in [3.05, 3.63) is 45.5 Å². The third kappa shape index (κ3) is 1.76. The Balaban J connectivity index is 2.45. The second-order valence-corrected chi connectivity index (χ2v) is 5.30. The van der Waals surface area contributed by atoms with Gasteiger partial charge in [0.15, 0.2) is 23.1 Å². The topological polar surface area (TPSA) is 152 Å². The van der Waals surface area contributed by atoms with Crippen LogP contribution in [0.1, 0.15) is 47.8 Å². The van der Waals surface area contributed by atoms with E-state index in [2.05, 4.69) is 0 Å². The van der Waals surface area contributed by atoms with Crippen molar-refractivity contribution in [1.82, 2.24) is 0 Å². The van der Waals surface area contributed by atoms with Gasteiger partial charge in [0.2, 0.25) is 0 Å². The fourth-order valence-electron chi connectivity index (χ4n) is 2.90. The van der Waals surface area contributed by atoms with Crippen molar-refractivity contribution < 1.29 is 39.9 Å². The molecule has 0 heterocycles. The maximum atomic E-state index is 12.7. The lowest BCUT2D eigenvalue weighted by Gasteiger charge is -2.22. The Morgan fingerprint density at radius 3 is 2.04 bits per heavy atom. The van der Waals surface area contributed by atoms with Gasteiger partial charge in [-0.1, -0.05) is 0 Å². The number of carbonyl (C=O) groups excluding carboxylic acids is 2. The summed E-state index contributed by atoms with van der Waals surface area (Å²) in [5.41, 5.74) is -2.47. The number of benzene rings is 2. The van der Waals surface area contributed by atoms with E-state index in [1.54, 1.807) is 0 Å². The lowest BCUT2D eigenvalue weighted by atomic mass is 9.79. The van der Waals surface area contributed by atoms with Crippen LogP contribution in [0, 0.1) is 6.92 Å². The molecule has 1 aliphatic rings. The molecule has 0 spiro atoms. The van der Waals surface area contributed by atoms with Gasteiger partial charge in [-0.05, 0) is 18.6 Å². The van der Waals surface area contributed by atoms with E-state index < -0.39 is 57.2 Å². The van der Waals surface area contributed by atoms with Crippen molar-refractivity contribution in [2.75, 3.05) is 0 Å². The number of hydrogen-bond donors (Lipinski definition) is 5. The molecule has 0 amide bonds. The number of rotatable bonds is 1. The molecule has 8 heteroatoms. The van der Waals surface area contributed by atoms with E-state index in [1.165, 1.54) is 6.92 Å². The average Bonchev–Trinajstić information content (AvgIpc) is 2.47. The predicted octanol–water partition coefficient (Wildman–Crippen LogP) is 1.29. The van der Waals surface area contributed by atoms with Crippen LogP contribution in [0.15, 0.2) is 12.1 Å². The van der Waals surface area contributed by atoms with Crippen LogP contribution in [0.5, 0.6) is 23.0 Å². The van der Waals surface area contributed by atoms with E-state index in [-0.39, 0.29) is 16.7 Å². The zero-order chi connectivity index (χ0) is 17.9. The molecule has 0 radical (unpaired) electrons. The van der Waals surface area contributed by atoms with Crippen LogP contribution in [-0.2, 0) is 0 Å². The van der Waals surface area contributed by atoms with E-state index in [0.717, 1.165) is 6.07 Å². The van der Waals surface area contributed by atoms with Crippen molar-refractivity contribution >= 4 is 17.5 Å². The number of ketones is 2. The minimum Gasteiger partial charge on any atom is -0.507 e. The molecule has 3 rings (SSSR count). The first-order chi connectivity index (χ1) is 11.2. The van der Waals surface area contributed by atoms with Gasteiger partial charge in [0, 0.05) is 17.2 Å². The summed E-state index contributed by atoms with van der Waals surface area (Å²) in [5, 5.41) is 48.3. The van der Waals surface area contributed by atoms with Crippen LogP contribution < -0.4 is 0 Å².